The lowest BCUT2D eigenvalue weighted by Gasteiger charge is -2.16. The molecular weight excluding hydrogens is 393 g/mol. The average Bonchev–Trinajstić information content (AvgIpc) is 3.42. The van der Waals surface area contributed by atoms with E-state index in [1.54, 1.807) is 23.5 Å². The van der Waals surface area contributed by atoms with Crippen LogP contribution in [0.15, 0.2) is 53.9 Å². The molecule has 0 atom stereocenters. The van der Waals surface area contributed by atoms with Crippen molar-refractivity contribution in [3.63, 3.8) is 0 Å². The van der Waals surface area contributed by atoms with Gasteiger partial charge in [0.15, 0.2) is 4.96 Å². The SMILES string of the molecule is Fc1cccc(Cl)c1-c1nc2scc(-c3ccccc3)n2c1NC1CCCC1. The molecule has 4 aromatic rings. The summed E-state index contributed by atoms with van der Waals surface area (Å²) in [6, 6.07) is 15.3. The van der Waals surface area contributed by atoms with E-state index in [2.05, 4.69) is 27.2 Å². The van der Waals surface area contributed by atoms with Crippen molar-refractivity contribution in [2.75, 3.05) is 5.32 Å². The van der Waals surface area contributed by atoms with Gasteiger partial charge >= 0.3 is 0 Å². The minimum atomic E-state index is -0.353. The first-order valence-corrected chi connectivity index (χ1v) is 10.7. The van der Waals surface area contributed by atoms with Gasteiger partial charge in [-0.3, -0.25) is 4.40 Å². The van der Waals surface area contributed by atoms with Crippen molar-refractivity contribution in [1.29, 1.82) is 0 Å². The zero-order chi connectivity index (χ0) is 19.1. The van der Waals surface area contributed by atoms with Crippen LogP contribution >= 0.6 is 22.9 Å². The molecule has 3 nitrogen and oxygen atoms in total. The highest BCUT2D eigenvalue weighted by Gasteiger charge is 2.25. The first kappa shape index (κ1) is 17.7. The van der Waals surface area contributed by atoms with E-state index in [-0.39, 0.29) is 5.82 Å². The predicted molar refractivity (Wildman–Crippen MR) is 115 cm³/mol. The predicted octanol–water partition coefficient (Wildman–Crippen LogP) is 6.88. The van der Waals surface area contributed by atoms with Gasteiger partial charge in [-0.05, 0) is 30.5 Å². The standard InChI is InChI=1S/C22H19ClFN3S/c23-16-11-6-12-17(24)19(16)20-21(25-15-9-4-5-10-15)27-18(13-28-22(27)26-20)14-7-2-1-3-8-14/h1-3,6-8,11-13,15,25H,4-5,9-10H2. The molecular formula is C22H19ClFN3S. The molecule has 0 spiro atoms. The number of nitrogens with one attached hydrogen (secondary N) is 1. The normalized spacial score (nSPS) is 14.8. The van der Waals surface area contributed by atoms with Crippen molar-refractivity contribution in [1.82, 2.24) is 9.38 Å². The highest BCUT2D eigenvalue weighted by atomic mass is 35.5. The summed E-state index contributed by atoms with van der Waals surface area (Å²) in [5.74, 6) is 0.475. The van der Waals surface area contributed by atoms with Gasteiger partial charge in [0.2, 0.25) is 0 Å². The topological polar surface area (TPSA) is 29.3 Å². The maximum atomic E-state index is 14.7. The van der Waals surface area contributed by atoms with E-state index in [0.717, 1.165) is 34.9 Å². The Morgan fingerprint density at radius 2 is 1.86 bits per heavy atom. The Hall–Kier alpha value is -2.37. The van der Waals surface area contributed by atoms with Gasteiger partial charge in [0, 0.05) is 11.4 Å². The maximum absolute atomic E-state index is 14.7. The summed E-state index contributed by atoms with van der Waals surface area (Å²) in [5.41, 5.74) is 3.10. The van der Waals surface area contributed by atoms with Gasteiger partial charge < -0.3 is 5.32 Å². The molecule has 2 aromatic carbocycles. The zero-order valence-electron chi connectivity index (χ0n) is 15.2. The second-order valence-electron chi connectivity index (χ2n) is 7.14. The van der Waals surface area contributed by atoms with Crippen LogP contribution in [0.4, 0.5) is 10.2 Å². The van der Waals surface area contributed by atoms with Crippen LogP contribution in [0, 0.1) is 5.82 Å². The number of rotatable bonds is 4. The lowest BCUT2D eigenvalue weighted by Crippen LogP contribution is -2.16. The lowest BCUT2D eigenvalue weighted by molar-refractivity contribution is 0.631. The van der Waals surface area contributed by atoms with Gasteiger partial charge in [-0.15, -0.1) is 11.3 Å². The van der Waals surface area contributed by atoms with Crippen molar-refractivity contribution < 1.29 is 4.39 Å². The maximum Gasteiger partial charge on any atom is 0.196 e. The molecule has 0 radical (unpaired) electrons. The third-order valence-electron chi connectivity index (χ3n) is 5.33. The van der Waals surface area contributed by atoms with Crippen LogP contribution in [0.5, 0.6) is 0 Å². The number of thiazole rings is 1. The van der Waals surface area contributed by atoms with E-state index in [0.29, 0.717) is 22.3 Å². The van der Waals surface area contributed by atoms with E-state index in [1.807, 2.05) is 18.2 Å². The number of aromatic nitrogens is 2. The molecule has 1 fully saturated rings. The molecule has 1 aliphatic rings. The third-order valence-corrected chi connectivity index (χ3v) is 6.47. The fraction of sp³-hybridized carbons (Fsp3) is 0.227. The zero-order valence-corrected chi connectivity index (χ0v) is 16.7. The number of nitrogens with zero attached hydrogens (tertiary/aromatic N) is 2. The Kier molecular flexibility index (Phi) is 4.57. The Morgan fingerprint density at radius 3 is 2.61 bits per heavy atom. The lowest BCUT2D eigenvalue weighted by atomic mass is 10.1. The minimum absolute atomic E-state index is 0.353. The van der Waals surface area contributed by atoms with Gasteiger partial charge in [-0.1, -0.05) is 60.8 Å². The second kappa shape index (κ2) is 7.22. The Bertz CT molecular complexity index is 1110. The van der Waals surface area contributed by atoms with Crippen LogP contribution in [-0.2, 0) is 0 Å². The summed E-state index contributed by atoms with van der Waals surface area (Å²) >= 11 is 7.94. The molecule has 28 heavy (non-hydrogen) atoms. The quantitative estimate of drug-likeness (QED) is 0.396. The summed E-state index contributed by atoms with van der Waals surface area (Å²) in [5, 5.41) is 6.14. The van der Waals surface area contributed by atoms with E-state index in [1.165, 1.54) is 18.9 Å². The van der Waals surface area contributed by atoms with Gasteiger partial charge in [0.05, 0.1) is 16.3 Å². The van der Waals surface area contributed by atoms with Gasteiger partial charge in [-0.25, -0.2) is 9.37 Å². The fourth-order valence-electron chi connectivity index (χ4n) is 3.96. The van der Waals surface area contributed by atoms with Crippen LogP contribution in [-0.4, -0.2) is 15.4 Å². The Balaban J connectivity index is 1.75. The van der Waals surface area contributed by atoms with Crippen molar-refractivity contribution in [2.24, 2.45) is 0 Å². The highest BCUT2D eigenvalue weighted by Crippen LogP contribution is 2.40. The first-order valence-electron chi connectivity index (χ1n) is 9.48. The Morgan fingerprint density at radius 1 is 1.07 bits per heavy atom. The van der Waals surface area contributed by atoms with Crippen molar-refractivity contribution in [3.8, 4) is 22.5 Å². The van der Waals surface area contributed by atoms with Crippen molar-refractivity contribution in [2.45, 2.75) is 31.7 Å². The molecule has 1 N–H and O–H groups in total. The van der Waals surface area contributed by atoms with Crippen LogP contribution in [0.25, 0.3) is 27.5 Å². The molecule has 2 aromatic heterocycles. The molecule has 1 saturated carbocycles. The number of anilines is 1. The van der Waals surface area contributed by atoms with Gasteiger partial charge in [0.1, 0.15) is 17.3 Å². The number of imidazole rings is 1. The highest BCUT2D eigenvalue weighted by molar-refractivity contribution is 7.15. The number of halogens is 2. The molecule has 6 heteroatoms. The molecule has 0 saturated heterocycles. The van der Waals surface area contributed by atoms with Crippen LogP contribution in [0.3, 0.4) is 0 Å². The van der Waals surface area contributed by atoms with Crippen LogP contribution < -0.4 is 5.32 Å². The largest absolute Gasteiger partial charge is 0.367 e. The monoisotopic (exact) mass is 411 g/mol. The van der Waals surface area contributed by atoms with Crippen molar-refractivity contribution in [3.05, 3.63) is 64.8 Å². The number of fused-ring (bicyclic) bond motifs is 1. The number of hydrogen-bond acceptors (Lipinski definition) is 3. The van der Waals surface area contributed by atoms with Crippen LogP contribution in [0.2, 0.25) is 5.02 Å². The molecule has 0 unspecified atom stereocenters. The summed E-state index contributed by atoms with van der Waals surface area (Å²) in [6.45, 7) is 0. The van der Waals surface area contributed by atoms with E-state index in [4.69, 9.17) is 16.6 Å². The minimum Gasteiger partial charge on any atom is -0.367 e. The van der Waals surface area contributed by atoms with E-state index < -0.39 is 0 Å². The first-order chi connectivity index (χ1) is 13.7. The molecule has 0 bridgehead atoms. The molecule has 1 aliphatic carbocycles. The number of hydrogen-bond donors (Lipinski definition) is 1. The third kappa shape index (κ3) is 2.99. The Labute approximate surface area is 171 Å². The summed E-state index contributed by atoms with van der Waals surface area (Å²) in [6.07, 6.45) is 4.65. The van der Waals surface area contributed by atoms with E-state index >= 15 is 0 Å². The second-order valence-corrected chi connectivity index (χ2v) is 8.38. The summed E-state index contributed by atoms with van der Waals surface area (Å²) in [7, 11) is 0. The smallest absolute Gasteiger partial charge is 0.196 e. The molecule has 5 rings (SSSR count). The molecule has 0 aliphatic heterocycles. The molecule has 142 valence electrons. The van der Waals surface area contributed by atoms with Gasteiger partial charge in [-0.2, -0.15) is 0 Å². The number of benzene rings is 2. The van der Waals surface area contributed by atoms with E-state index in [9.17, 15) is 4.39 Å². The van der Waals surface area contributed by atoms with Crippen LogP contribution in [0.1, 0.15) is 25.7 Å². The average molecular weight is 412 g/mol. The molecule has 0 amide bonds. The summed E-state index contributed by atoms with van der Waals surface area (Å²) < 4.78 is 16.8. The summed E-state index contributed by atoms with van der Waals surface area (Å²) in [4.78, 5) is 5.61. The molecule has 2 heterocycles. The van der Waals surface area contributed by atoms with Crippen molar-refractivity contribution >= 4 is 33.7 Å². The fourth-order valence-corrected chi connectivity index (χ4v) is 5.11. The van der Waals surface area contributed by atoms with Gasteiger partial charge in [0.25, 0.3) is 0 Å².